The van der Waals surface area contributed by atoms with E-state index >= 15 is 0 Å². The molecule has 0 atom stereocenters. The summed E-state index contributed by atoms with van der Waals surface area (Å²) in [6, 6.07) is 12.5. The zero-order valence-electron chi connectivity index (χ0n) is 12.9. The third kappa shape index (κ3) is 4.58. The summed E-state index contributed by atoms with van der Waals surface area (Å²) in [5.41, 5.74) is 0.918. The van der Waals surface area contributed by atoms with Gasteiger partial charge in [-0.1, -0.05) is 29.8 Å². The van der Waals surface area contributed by atoms with Gasteiger partial charge in [-0.05, 0) is 41.9 Å². The van der Waals surface area contributed by atoms with Gasteiger partial charge in [-0.25, -0.2) is 0 Å². The molecule has 3 N–H and O–H groups in total. The lowest BCUT2D eigenvalue weighted by atomic mass is 10.3. The van der Waals surface area contributed by atoms with Gasteiger partial charge in [0, 0.05) is 5.69 Å². The number of hydrogen-bond acceptors (Lipinski definition) is 7. The molecule has 0 amide bonds. The van der Waals surface area contributed by atoms with Crippen LogP contribution in [-0.2, 0) is 10.1 Å². The molecule has 0 aliphatic heterocycles. The van der Waals surface area contributed by atoms with Crippen LogP contribution in [0.5, 0.6) is 0 Å². The van der Waals surface area contributed by atoms with Crippen LogP contribution >= 0.6 is 23.2 Å². The number of hydrogen-bond donors (Lipinski definition) is 3. The maximum Gasteiger partial charge on any atom is 0.294 e. The second kappa shape index (κ2) is 7.42. The van der Waals surface area contributed by atoms with Crippen molar-refractivity contribution in [3.63, 3.8) is 0 Å². The third-order valence-electron chi connectivity index (χ3n) is 3.12. The van der Waals surface area contributed by atoms with E-state index in [0.717, 1.165) is 0 Å². The van der Waals surface area contributed by atoms with Crippen LogP contribution in [0.3, 0.4) is 0 Å². The molecule has 26 heavy (non-hydrogen) atoms. The van der Waals surface area contributed by atoms with Crippen molar-refractivity contribution < 1.29 is 13.0 Å². The Morgan fingerprint density at radius 1 is 0.885 bits per heavy atom. The number of rotatable bonds is 5. The molecule has 1 aromatic heterocycles. The minimum absolute atomic E-state index is 0.0760. The Morgan fingerprint density at radius 3 is 2.27 bits per heavy atom. The molecule has 3 rings (SSSR count). The predicted molar refractivity (Wildman–Crippen MR) is 99.1 cm³/mol. The van der Waals surface area contributed by atoms with E-state index < -0.39 is 10.1 Å². The lowest BCUT2D eigenvalue weighted by Crippen LogP contribution is -2.05. The van der Waals surface area contributed by atoms with Crippen molar-refractivity contribution >= 4 is 56.6 Å². The molecule has 0 aliphatic carbocycles. The first-order chi connectivity index (χ1) is 12.3. The van der Waals surface area contributed by atoms with Crippen LogP contribution in [0.2, 0.25) is 10.3 Å². The molecule has 1 heterocycles. The highest BCUT2D eigenvalue weighted by Crippen LogP contribution is 2.25. The summed E-state index contributed by atoms with van der Waals surface area (Å²) in [5.74, 6) is 0.221. The van der Waals surface area contributed by atoms with Crippen LogP contribution in [0.4, 0.5) is 23.3 Å². The lowest BCUT2D eigenvalue weighted by Gasteiger charge is -2.10. The zero-order valence-corrected chi connectivity index (χ0v) is 15.2. The van der Waals surface area contributed by atoms with Gasteiger partial charge in [0.05, 0.1) is 15.6 Å². The first-order valence-corrected chi connectivity index (χ1v) is 9.28. The summed E-state index contributed by atoms with van der Waals surface area (Å²) in [6.45, 7) is 0. The summed E-state index contributed by atoms with van der Waals surface area (Å²) in [5, 5.41) is 6.11. The summed E-state index contributed by atoms with van der Waals surface area (Å²) in [7, 11) is -4.33. The van der Waals surface area contributed by atoms with E-state index in [1.807, 2.05) is 0 Å². The quantitative estimate of drug-likeness (QED) is 0.540. The highest BCUT2D eigenvalue weighted by atomic mass is 35.5. The minimum Gasteiger partial charge on any atom is -0.324 e. The van der Waals surface area contributed by atoms with Gasteiger partial charge in [-0.2, -0.15) is 23.4 Å². The Balaban J connectivity index is 1.88. The molecule has 0 radical (unpaired) electrons. The van der Waals surface area contributed by atoms with Crippen molar-refractivity contribution in [3.05, 3.63) is 58.8 Å². The summed E-state index contributed by atoms with van der Waals surface area (Å²) in [6.07, 6.45) is 0. The predicted octanol–water partition coefficient (Wildman–Crippen LogP) is 3.91. The van der Waals surface area contributed by atoms with E-state index in [4.69, 9.17) is 27.8 Å². The van der Waals surface area contributed by atoms with E-state index in [9.17, 15) is 8.42 Å². The molecule has 0 saturated heterocycles. The molecule has 11 heteroatoms. The third-order valence-corrected chi connectivity index (χ3v) is 4.46. The van der Waals surface area contributed by atoms with Crippen molar-refractivity contribution in [2.75, 3.05) is 10.6 Å². The van der Waals surface area contributed by atoms with Gasteiger partial charge in [0.2, 0.25) is 17.2 Å². The topological polar surface area (TPSA) is 117 Å². The maximum atomic E-state index is 11.2. The number of nitrogens with zero attached hydrogens (tertiary/aromatic N) is 3. The molecule has 0 aliphatic rings. The number of halogens is 2. The minimum atomic E-state index is -4.33. The SMILES string of the molecule is O=S(=O)(O)c1cccc(Nc2nc(Cl)nc(Nc3ccccc3Cl)n2)c1. The Hall–Kier alpha value is -2.46. The van der Waals surface area contributed by atoms with E-state index in [0.29, 0.717) is 16.4 Å². The van der Waals surface area contributed by atoms with Crippen molar-refractivity contribution in [1.29, 1.82) is 0 Å². The van der Waals surface area contributed by atoms with Crippen molar-refractivity contribution in [2.24, 2.45) is 0 Å². The summed E-state index contributed by atoms with van der Waals surface area (Å²) < 4.78 is 31.6. The van der Waals surface area contributed by atoms with Gasteiger partial charge in [0.25, 0.3) is 10.1 Å². The van der Waals surface area contributed by atoms with E-state index in [-0.39, 0.29) is 22.1 Å². The lowest BCUT2D eigenvalue weighted by molar-refractivity contribution is 0.483. The fraction of sp³-hybridized carbons (Fsp3) is 0. The molecule has 0 spiro atoms. The number of benzene rings is 2. The molecule has 0 fully saturated rings. The van der Waals surface area contributed by atoms with Gasteiger partial charge in [-0.3, -0.25) is 4.55 Å². The first kappa shape index (κ1) is 18.3. The summed E-state index contributed by atoms with van der Waals surface area (Å²) >= 11 is 12.0. The smallest absolute Gasteiger partial charge is 0.294 e. The average Bonchev–Trinajstić information content (AvgIpc) is 2.56. The molecule has 134 valence electrons. The molecule has 3 aromatic rings. The first-order valence-electron chi connectivity index (χ1n) is 7.09. The highest BCUT2D eigenvalue weighted by molar-refractivity contribution is 7.85. The molecule has 8 nitrogen and oxygen atoms in total. The second-order valence-electron chi connectivity index (χ2n) is 4.98. The van der Waals surface area contributed by atoms with Crippen molar-refractivity contribution in [3.8, 4) is 0 Å². The zero-order chi connectivity index (χ0) is 18.7. The van der Waals surface area contributed by atoms with E-state index in [2.05, 4.69) is 25.6 Å². The van der Waals surface area contributed by atoms with Crippen LogP contribution in [0, 0.1) is 0 Å². The van der Waals surface area contributed by atoms with Crippen molar-refractivity contribution in [2.45, 2.75) is 4.90 Å². The van der Waals surface area contributed by atoms with Crippen molar-refractivity contribution in [1.82, 2.24) is 15.0 Å². The van der Waals surface area contributed by atoms with E-state index in [1.165, 1.54) is 18.2 Å². The van der Waals surface area contributed by atoms with Gasteiger partial charge >= 0.3 is 0 Å². The molecular formula is C15H11Cl2N5O3S. The second-order valence-corrected chi connectivity index (χ2v) is 7.15. The van der Waals surface area contributed by atoms with Gasteiger partial charge in [-0.15, -0.1) is 0 Å². The average molecular weight is 412 g/mol. The number of nitrogens with one attached hydrogen (secondary N) is 2. The van der Waals surface area contributed by atoms with Crippen LogP contribution < -0.4 is 10.6 Å². The van der Waals surface area contributed by atoms with Gasteiger partial charge in [0.15, 0.2) is 0 Å². The van der Waals surface area contributed by atoms with Gasteiger partial charge in [0.1, 0.15) is 0 Å². The van der Waals surface area contributed by atoms with Crippen LogP contribution in [-0.4, -0.2) is 27.9 Å². The molecule has 0 unspecified atom stereocenters. The van der Waals surface area contributed by atoms with Crippen LogP contribution in [0.25, 0.3) is 0 Å². The number of anilines is 4. The Kier molecular flexibility index (Phi) is 5.23. The maximum absolute atomic E-state index is 11.2. The number of para-hydroxylation sites is 1. The Bertz CT molecular complexity index is 1060. The Morgan fingerprint density at radius 2 is 1.58 bits per heavy atom. The molecule has 0 saturated carbocycles. The van der Waals surface area contributed by atoms with Crippen LogP contribution in [0.15, 0.2) is 53.4 Å². The Labute approximate surface area is 159 Å². The van der Waals surface area contributed by atoms with Crippen LogP contribution in [0.1, 0.15) is 0 Å². The fourth-order valence-electron chi connectivity index (χ4n) is 2.01. The van der Waals surface area contributed by atoms with Gasteiger partial charge < -0.3 is 10.6 Å². The molecular weight excluding hydrogens is 401 g/mol. The normalized spacial score (nSPS) is 11.2. The standard InChI is InChI=1S/C15H11Cl2N5O3S/c16-11-6-1-2-7-12(11)19-15-21-13(17)20-14(22-15)18-9-4-3-5-10(8-9)26(23,24)25/h1-8H,(H,23,24,25)(H2,18,19,20,21,22). The molecule has 0 bridgehead atoms. The molecule has 2 aromatic carbocycles. The largest absolute Gasteiger partial charge is 0.324 e. The van der Waals surface area contributed by atoms with E-state index in [1.54, 1.807) is 30.3 Å². The fourth-order valence-corrected chi connectivity index (χ4v) is 2.88. The number of aromatic nitrogens is 3. The monoisotopic (exact) mass is 411 g/mol. The summed E-state index contributed by atoms with van der Waals surface area (Å²) in [4.78, 5) is 11.8. The highest BCUT2D eigenvalue weighted by Gasteiger charge is 2.11.